The van der Waals surface area contributed by atoms with E-state index >= 15 is 0 Å². The van der Waals surface area contributed by atoms with E-state index in [9.17, 15) is 13.2 Å². The number of H-pyrrole nitrogens is 1. The topological polar surface area (TPSA) is 110 Å². The quantitative estimate of drug-likeness (QED) is 0.750. The van der Waals surface area contributed by atoms with E-state index in [0.29, 0.717) is 67.1 Å². The SMILES string of the molecule is CCOc1cc(CN2CCOCC2)cc2[nH]c(=O)c3c(c12)N1OS(=O)(=O)OC1CC3. The molecule has 10 nitrogen and oxygen atoms in total. The average Bonchev–Trinajstić information content (AvgIpc) is 3.03. The molecule has 1 atom stereocenters. The molecule has 4 heterocycles. The number of benzene rings is 1. The zero-order valence-corrected chi connectivity index (χ0v) is 17.4. The second-order valence-corrected chi connectivity index (χ2v) is 8.68. The van der Waals surface area contributed by atoms with Gasteiger partial charge in [0.15, 0.2) is 6.23 Å². The first-order valence-electron chi connectivity index (χ1n) is 10.0. The van der Waals surface area contributed by atoms with E-state index in [4.69, 9.17) is 17.9 Å². The number of hydrogen-bond acceptors (Lipinski definition) is 9. The maximum Gasteiger partial charge on any atom is 0.423 e. The van der Waals surface area contributed by atoms with Crippen LogP contribution in [0.15, 0.2) is 16.9 Å². The van der Waals surface area contributed by atoms with Crippen LogP contribution in [0.25, 0.3) is 10.9 Å². The van der Waals surface area contributed by atoms with Crippen molar-refractivity contribution >= 4 is 27.0 Å². The second-order valence-electron chi connectivity index (χ2n) is 7.52. The van der Waals surface area contributed by atoms with E-state index in [0.717, 1.165) is 18.7 Å². The lowest BCUT2D eigenvalue weighted by Gasteiger charge is -2.30. The van der Waals surface area contributed by atoms with Crippen molar-refractivity contribution in [2.75, 3.05) is 38.0 Å². The zero-order valence-electron chi connectivity index (χ0n) is 16.5. The van der Waals surface area contributed by atoms with E-state index in [-0.39, 0.29) is 5.56 Å². The molecule has 162 valence electrons. The van der Waals surface area contributed by atoms with Crippen molar-refractivity contribution in [3.63, 3.8) is 0 Å². The lowest BCUT2D eigenvalue weighted by Crippen LogP contribution is -2.37. The van der Waals surface area contributed by atoms with Crippen molar-refractivity contribution in [1.82, 2.24) is 9.88 Å². The molecule has 2 saturated heterocycles. The predicted octanol–water partition coefficient (Wildman–Crippen LogP) is 1.04. The van der Waals surface area contributed by atoms with Crippen LogP contribution >= 0.6 is 0 Å². The van der Waals surface area contributed by atoms with E-state index in [1.54, 1.807) is 0 Å². The number of hydroxylamine groups is 1. The summed E-state index contributed by atoms with van der Waals surface area (Å²) in [5.41, 5.74) is 2.15. The van der Waals surface area contributed by atoms with E-state index in [1.165, 1.54) is 5.06 Å². The molecule has 0 saturated carbocycles. The number of morpholine rings is 1. The minimum atomic E-state index is -4.15. The normalized spacial score (nSPS) is 23.4. The lowest BCUT2D eigenvalue weighted by atomic mass is 9.98. The number of nitrogens with zero attached hydrogens (tertiary/aromatic N) is 2. The van der Waals surface area contributed by atoms with Gasteiger partial charge in [0.25, 0.3) is 5.56 Å². The Bertz CT molecular complexity index is 1140. The van der Waals surface area contributed by atoms with Gasteiger partial charge in [0.2, 0.25) is 0 Å². The largest absolute Gasteiger partial charge is 0.493 e. The summed E-state index contributed by atoms with van der Waals surface area (Å²) in [6.45, 7) is 6.04. The Morgan fingerprint density at radius 1 is 1.27 bits per heavy atom. The van der Waals surface area contributed by atoms with Crippen LogP contribution in [0.4, 0.5) is 5.69 Å². The molecule has 30 heavy (non-hydrogen) atoms. The number of aromatic nitrogens is 1. The van der Waals surface area contributed by atoms with Crippen molar-refractivity contribution in [2.24, 2.45) is 0 Å². The van der Waals surface area contributed by atoms with Crippen molar-refractivity contribution in [1.29, 1.82) is 0 Å². The molecule has 1 unspecified atom stereocenters. The summed E-state index contributed by atoms with van der Waals surface area (Å²) >= 11 is 0. The monoisotopic (exact) mass is 437 g/mol. The number of hydrogen-bond donors (Lipinski definition) is 1. The number of anilines is 1. The molecule has 1 aromatic carbocycles. The minimum Gasteiger partial charge on any atom is -0.493 e. The molecule has 0 spiro atoms. The first-order chi connectivity index (χ1) is 14.4. The fourth-order valence-corrected chi connectivity index (χ4v) is 5.13. The van der Waals surface area contributed by atoms with Crippen LogP contribution in [0.2, 0.25) is 0 Å². The number of rotatable bonds is 4. The van der Waals surface area contributed by atoms with Crippen LogP contribution in [0, 0.1) is 0 Å². The molecule has 1 aromatic heterocycles. The molecule has 0 bridgehead atoms. The Kier molecular flexibility index (Phi) is 4.94. The van der Waals surface area contributed by atoms with Crippen molar-refractivity contribution in [2.45, 2.75) is 32.5 Å². The first kappa shape index (κ1) is 19.8. The van der Waals surface area contributed by atoms with Gasteiger partial charge in [-0.1, -0.05) is 0 Å². The average molecular weight is 437 g/mol. The fourth-order valence-electron chi connectivity index (χ4n) is 4.28. The van der Waals surface area contributed by atoms with Gasteiger partial charge >= 0.3 is 10.4 Å². The molecule has 0 aliphatic carbocycles. The van der Waals surface area contributed by atoms with Gasteiger partial charge in [-0.3, -0.25) is 9.69 Å². The maximum absolute atomic E-state index is 12.8. The first-order valence-corrected chi connectivity index (χ1v) is 11.4. The van der Waals surface area contributed by atoms with Crippen LogP contribution in [-0.4, -0.2) is 57.4 Å². The molecule has 3 aliphatic rings. The van der Waals surface area contributed by atoms with E-state index in [2.05, 4.69) is 9.88 Å². The maximum atomic E-state index is 12.8. The van der Waals surface area contributed by atoms with Crippen molar-refractivity contribution in [3.8, 4) is 5.75 Å². The molecule has 2 aromatic rings. The Balaban J connectivity index is 1.66. The third kappa shape index (κ3) is 3.46. The van der Waals surface area contributed by atoms with E-state index in [1.807, 2.05) is 19.1 Å². The third-order valence-electron chi connectivity index (χ3n) is 5.54. The van der Waals surface area contributed by atoms with Crippen molar-refractivity contribution in [3.05, 3.63) is 33.6 Å². The molecule has 2 fully saturated rings. The van der Waals surface area contributed by atoms with Crippen LogP contribution in [0.5, 0.6) is 5.75 Å². The number of pyridine rings is 1. The Morgan fingerprint density at radius 3 is 2.83 bits per heavy atom. The molecular weight excluding hydrogens is 414 g/mol. The van der Waals surface area contributed by atoms with Gasteiger partial charge in [-0.05, 0) is 31.0 Å². The van der Waals surface area contributed by atoms with Gasteiger partial charge in [0.1, 0.15) is 5.75 Å². The number of fused-ring (bicyclic) bond motifs is 5. The van der Waals surface area contributed by atoms with Crippen LogP contribution in [0.1, 0.15) is 24.5 Å². The van der Waals surface area contributed by atoms with Crippen LogP contribution in [0.3, 0.4) is 0 Å². The van der Waals surface area contributed by atoms with Crippen molar-refractivity contribution < 1.29 is 26.4 Å². The highest BCUT2D eigenvalue weighted by atomic mass is 32.3. The standard InChI is InChI=1S/C19H23N3O7S/c1-2-27-15-10-12(11-21-5-7-26-8-6-21)9-14-17(15)18-13(19(23)20-14)3-4-16-22(18)29-30(24,25)28-16/h9-10,16H,2-8,11H2,1H3,(H,20,23). The highest BCUT2D eigenvalue weighted by Gasteiger charge is 2.44. The lowest BCUT2D eigenvalue weighted by molar-refractivity contribution is 0.0342. The number of ether oxygens (including phenoxy) is 2. The summed E-state index contributed by atoms with van der Waals surface area (Å²) < 4.78 is 45.2. The highest BCUT2D eigenvalue weighted by molar-refractivity contribution is 7.82. The van der Waals surface area contributed by atoms with Gasteiger partial charge in [-0.25, -0.2) is 9.25 Å². The summed E-state index contributed by atoms with van der Waals surface area (Å²) in [4.78, 5) is 18.0. The Morgan fingerprint density at radius 2 is 2.07 bits per heavy atom. The summed E-state index contributed by atoms with van der Waals surface area (Å²) in [5.74, 6) is 0.569. The van der Waals surface area contributed by atoms with Gasteiger partial charge < -0.3 is 14.5 Å². The Hall–Kier alpha value is -2.18. The number of nitrogens with one attached hydrogen (secondary N) is 1. The minimum absolute atomic E-state index is 0.269. The highest BCUT2D eigenvalue weighted by Crippen LogP contribution is 2.43. The molecule has 11 heteroatoms. The zero-order chi connectivity index (χ0) is 20.9. The summed E-state index contributed by atoms with van der Waals surface area (Å²) in [7, 11) is -4.15. The van der Waals surface area contributed by atoms with Gasteiger partial charge in [0.05, 0.1) is 36.4 Å². The third-order valence-corrected chi connectivity index (χ3v) is 6.34. The van der Waals surface area contributed by atoms with Crippen LogP contribution in [-0.2, 0) is 36.6 Å². The molecule has 5 rings (SSSR count). The van der Waals surface area contributed by atoms with Gasteiger partial charge in [-0.2, -0.15) is 8.42 Å². The number of aromatic amines is 1. The molecular formula is C19H23N3O7S. The van der Waals surface area contributed by atoms with E-state index < -0.39 is 16.6 Å². The molecule has 0 radical (unpaired) electrons. The summed E-state index contributed by atoms with van der Waals surface area (Å²) in [6.07, 6.45) is -0.0863. The molecule has 3 aliphatic heterocycles. The smallest absolute Gasteiger partial charge is 0.423 e. The summed E-state index contributed by atoms with van der Waals surface area (Å²) in [6, 6.07) is 3.85. The molecule has 0 amide bonds. The fraction of sp³-hybridized carbons (Fsp3) is 0.526. The second kappa shape index (κ2) is 7.50. The molecule has 1 N–H and O–H groups in total. The van der Waals surface area contributed by atoms with Crippen LogP contribution < -0.4 is 15.4 Å². The van der Waals surface area contributed by atoms with Gasteiger partial charge in [0, 0.05) is 31.6 Å². The predicted molar refractivity (Wildman–Crippen MR) is 108 cm³/mol. The Labute approximate surface area is 173 Å². The van der Waals surface area contributed by atoms with Gasteiger partial charge in [-0.15, -0.1) is 4.28 Å². The summed E-state index contributed by atoms with van der Waals surface area (Å²) in [5, 5.41) is 1.80.